The van der Waals surface area contributed by atoms with E-state index >= 15 is 0 Å². The van der Waals surface area contributed by atoms with Crippen LogP contribution in [0.15, 0.2) is 60.7 Å². The topological polar surface area (TPSA) is 97.0 Å². The fraction of sp³-hybridized carbons (Fsp3) is 0.192. The minimum absolute atomic E-state index is 0.153. The van der Waals surface area contributed by atoms with E-state index in [1.54, 1.807) is 12.1 Å². The number of nitrogens with one attached hydrogen (secondary N) is 2. The summed E-state index contributed by atoms with van der Waals surface area (Å²) in [5.41, 5.74) is 2.57. The Balaban J connectivity index is 1.28. The molecule has 2 atom stereocenters. The summed E-state index contributed by atoms with van der Waals surface area (Å²) in [6.07, 6.45) is 0.405. The number of amides is 3. The van der Waals surface area contributed by atoms with Crippen LogP contribution < -0.4 is 20.1 Å². The van der Waals surface area contributed by atoms with Gasteiger partial charge in [0.25, 0.3) is 11.8 Å². The van der Waals surface area contributed by atoms with Crippen molar-refractivity contribution >= 4 is 23.4 Å². The molecule has 0 bridgehead atoms. The van der Waals surface area contributed by atoms with Crippen molar-refractivity contribution in [3.05, 3.63) is 77.6 Å². The molecule has 3 aliphatic heterocycles. The Morgan fingerprint density at radius 2 is 1.80 bits per heavy atom. The molecular formula is C26H20FN3O5. The van der Waals surface area contributed by atoms with Crippen molar-refractivity contribution < 1.29 is 28.2 Å². The number of hydrogen-bond donors (Lipinski definition) is 2. The molecule has 0 aliphatic carbocycles. The zero-order valence-electron chi connectivity index (χ0n) is 18.4. The summed E-state index contributed by atoms with van der Waals surface area (Å²) >= 11 is 0. The minimum atomic E-state index is -0.874. The highest BCUT2D eigenvalue weighted by atomic mass is 19.1. The standard InChI is InChI=1S/C26H20FN3O5/c27-17-3-1-2-16(10-17)24(31)29-20-8-9-30-23(20)25(32)28-19-6-4-14(11-18(19)26(30)33)15-5-7-21-22(12-15)35-13-34-21/h1-7,10-12,20,23H,8-9,13H2,(H,28,32)(H,29,31)/t20-,23-/m0/s1. The van der Waals surface area contributed by atoms with Gasteiger partial charge >= 0.3 is 0 Å². The summed E-state index contributed by atoms with van der Waals surface area (Å²) in [6.45, 7) is 0.472. The Labute approximate surface area is 199 Å². The largest absolute Gasteiger partial charge is 0.454 e. The molecule has 1 fully saturated rings. The van der Waals surface area contributed by atoms with Gasteiger partial charge in [0.2, 0.25) is 12.7 Å². The molecule has 2 N–H and O–H groups in total. The number of anilines is 1. The van der Waals surface area contributed by atoms with E-state index in [9.17, 15) is 18.8 Å². The van der Waals surface area contributed by atoms with E-state index in [1.165, 1.54) is 23.1 Å². The van der Waals surface area contributed by atoms with Crippen LogP contribution in [0.1, 0.15) is 27.1 Å². The third-order valence-electron chi connectivity index (χ3n) is 6.54. The van der Waals surface area contributed by atoms with E-state index in [2.05, 4.69) is 10.6 Å². The first-order valence-electron chi connectivity index (χ1n) is 11.2. The van der Waals surface area contributed by atoms with Crippen molar-refractivity contribution in [1.82, 2.24) is 10.2 Å². The van der Waals surface area contributed by atoms with Crippen molar-refractivity contribution in [3.8, 4) is 22.6 Å². The van der Waals surface area contributed by atoms with Crippen LogP contribution in [0.3, 0.4) is 0 Å². The number of carbonyl (C=O) groups excluding carboxylic acids is 3. The number of nitrogens with zero attached hydrogens (tertiary/aromatic N) is 1. The Kier molecular flexibility index (Phi) is 4.91. The number of rotatable bonds is 3. The molecule has 6 rings (SSSR count). The average Bonchev–Trinajstić information content (AvgIpc) is 3.48. The van der Waals surface area contributed by atoms with Crippen LogP contribution in [-0.2, 0) is 4.79 Å². The molecule has 0 spiro atoms. The molecule has 3 heterocycles. The SMILES string of the molecule is O=C(N[C@H]1CCN2C(=O)c3cc(-c4ccc5c(c4)OCO5)ccc3NC(=O)[C@H]12)c1cccc(F)c1. The van der Waals surface area contributed by atoms with Gasteiger partial charge in [-0.1, -0.05) is 18.2 Å². The van der Waals surface area contributed by atoms with Crippen LogP contribution in [0.5, 0.6) is 11.5 Å². The first-order chi connectivity index (χ1) is 17.0. The fourth-order valence-corrected chi connectivity index (χ4v) is 4.82. The Hall–Kier alpha value is -4.40. The van der Waals surface area contributed by atoms with E-state index < -0.39 is 23.8 Å². The third kappa shape index (κ3) is 3.65. The molecule has 3 aromatic rings. The van der Waals surface area contributed by atoms with Crippen molar-refractivity contribution in [2.45, 2.75) is 18.5 Å². The maximum absolute atomic E-state index is 13.5. The summed E-state index contributed by atoms with van der Waals surface area (Å²) in [7, 11) is 0. The first-order valence-corrected chi connectivity index (χ1v) is 11.2. The number of halogens is 1. The average molecular weight is 473 g/mol. The van der Waals surface area contributed by atoms with Crippen LogP contribution in [0, 0.1) is 5.82 Å². The zero-order valence-corrected chi connectivity index (χ0v) is 18.4. The minimum Gasteiger partial charge on any atom is -0.454 e. The molecule has 176 valence electrons. The van der Waals surface area contributed by atoms with Crippen molar-refractivity contribution in [2.24, 2.45) is 0 Å². The van der Waals surface area contributed by atoms with Gasteiger partial charge < -0.3 is 25.0 Å². The lowest BCUT2D eigenvalue weighted by Crippen LogP contribution is -2.51. The summed E-state index contributed by atoms with van der Waals surface area (Å²) in [4.78, 5) is 40.8. The second kappa shape index (κ2) is 8.12. The molecule has 0 unspecified atom stereocenters. The van der Waals surface area contributed by atoms with Gasteiger partial charge in [0, 0.05) is 12.1 Å². The van der Waals surface area contributed by atoms with Gasteiger partial charge in [0.1, 0.15) is 11.9 Å². The number of fused-ring (bicyclic) bond motifs is 3. The zero-order chi connectivity index (χ0) is 24.1. The lowest BCUT2D eigenvalue weighted by atomic mass is 10.0. The molecule has 9 heteroatoms. The summed E-state index contributed by atoms with van der Waals surface area (Å²) < 4.78 is 24.4. The van der Waals surface area contributed by atoms with Crippen LogP contribution in [0.4, 0.5) is 10.1 Å². The second-order valence-electron chi connectivity index (χ2n) is 8.64. The Morgan fingerprint density at radius 1 is 1.00 bits per heavy atom. The van der Waals surface area contributed by atoms with E-state index in [1.807, 2.05) is 24.3 Å². The number of ether oxygens (including phenoxy) is 2. The Bertz CT molecular complexity index is 1390. The molecular weight excluding hydrogens is 453 g/mol. The molecule has 35 heavy (non-hydrogen) atoms. The van der Waals surface area contributed by atoms with Crippen molar-refractivity contribution in [2.75, 3.05) is 18.7 Å². The molecule has 3 amide bonds. The van der Waals surface area contributed by atoms with Gasteiger partial charge in [0.15, 0.2) is 11.5 Å². The van der Waals surface area contributed by atoms with E-state index in [-0.39, 0.29) is 24.2 Å². The van der Waals surface area contributed by atoms with Crippen LogP contribution in [0.2, 0.25) is 0 Å². The smallest absolute Gasteiger partial charge is 0.256 e. The normalized spacial score (nSPS) is 20.1. The summed E-state index contributed by atoms with van der Waals surface area (Å²) in [6, 6.07) is 14.7. The van der Waals surface area contributed by atoms with Gasteiger partial charge in [-0.25, -0.2) is 4.39 Å². The van der Waals surface area contributed by atoms with E-state index in [0.717, 1.165) is 17.2 Å². The van der Waals surface area contributed by atoms with Gasteiger partial charge in [-0.3, -0.25) is 14.4 Å². The number of benzene rings is 3. The van der Waals surface area contributed by atoms with Crippen LogP contribution in [-0.4, -0.2) is 48.0 Å². The third-order valence-corrected chi connectivity index (χ3v) is 6.54. The van der Waals surface area contributed by atoms with Gasteiger partial charge in [-0.2, -0.15) is 0 Å². The van der Waals surface area contributed by atoms with Crippen molar-refractivity contribution in [1.29, 1.82) is 0 Å². The highest BCUT2D eigenvalue weighted by molar-refractivity contribution is 6.11. The lowest BCUT2D eigenvalue weighted by molar-refractivity contribution is -0.120. The highest BCUT2D eigenvalue weighted by Gasteiger charge is 2.45. The molecule has 8 nitrogen and oxygen atoms in total. The van der Waals surface area contributed by atoms with Gasteiger partial charge in [-0.15, -0.1) is 0 Å². The molecule has 1 saturated heterocycles. The predicted molar refractivity (Wildman–Crippen MR) is 124 cm³/mol. The second-order valence-corrected chi connectivity index (χ2v) is 8.64. The molecule has 3 aromatic carbocycles. The summed E-state index contributed by atoms with van der Waals surface area (Å²) in [5.74, 6) is -0.402. The molecule has 0 aromatic heterocycles. The molecule has 0 radical (unpaired) electrons. The molecule has 0 saturated carbocycles. The first kappa shape index (κ1) is 21.2. The lowest BCUT2D eigenvalue weighted by Gasteiger charge is -2.25. The molecule has 3 aliphatic rings. The number of hydrogen-bond acceptors (Lipinski definition) is 5. The van der Waals surface area contributed by atoms with E-state index in [0.29, 0.717) is 35.7 Å². The maximum Gasteiger partial charge on any atom is 0.256 e. The number of carbonyl (C=O) groups is 3. The van der Waals surface area contributed by atoms with Gasteiger partial charge in [-0.05, 0) is 60.0 Å². The Morgan fingerprint density at radius 3 is 2.66 bits per heavy atom. The van der Waals surface area contributed by atoms with Crippen LogP contribution in [0.25, 0.3) is 11.1 Å². The van der Waals surface area contributed by atoms with Crippen LogP contribution >= 0.6 is 0 Å². The monoisotopic (exact) mass is 473 g/mol. The highest BCUT2D eigenvalue weighted by Crippen LogP contribution is 2.38. The summed E-state index contributed by atoms with van der Waals surface area (Å²) in [5, 5.41) is 5.64. The maximum atomic E-state index is 13.5. The fourth-order valence-electron chi connectivity index (χ4n) is 4.82. The van der Waals surface area contributed by atoms with E-state index in [4.69, 9.17) is 9.47 Å². The van der Waals surface area contributed by atoms with Crippen molar-refractivity contribution in [3.63, 3.8) is 0 Å². The van der Waals surface area contributed by atoms with Gasteiger partial charge in [0.05, 0.1) is 17.3 Å². The predicted octanol–water partition coefficient (Wildman–Crippen LogP) is 3.19. The quantitative estimate of drug-likeness (QED) is 0.609.